The zero-order chi connectivity index (χ0) is 24.1. The molecule has 0 atom stereocenters. The van der Waals surface area contributed by atoms with Gasteiger partial charge in [0.1, 0.15) is 5.75 Å². The van der Waals surface area contributed by atoms with Crippen LogP contribution in [0.5, 0.6) is 5.75 Å². The molecule has 0 radical (unpaired) electrons. The van der Waals surface area contributed by atoms with Gasteiger partial charge in [-0.25, -0.2) is 0 Å². The Bertz CT molecular complexity index is 1160. The largest absolute Gasteiger partial charge is 0.493 e. The summed E-state index contributed by atoms with van der Waals surface area (Å²) in [6.07, 6.45) is 2.66. The van der Waals surface area contributed by atoms with E-state index in [-0.39, 0.29) is 5.65 Å². The van der Waals surface area contributed by atoms with Gasteiger partial charge >= 0.3 is 6.18 Å². The van der Waals surface area contributed by atoms with E-state index in [2.05, 4.69) is 32.2 Å². The smallest absolute Gasteiger partial charge is 0.452 e. The molecule has 1 fully saturated rings. The third kappa shape index (κ3) is 5.32. The van der Waals surface area contributed by atoms with E-state index in [0.29, 0.717) is 18.9 Å². The zero-order valence-corrected chi connectivity index (χ0v) is 18.9. The summed E-state index contributed by atoms with van der Waals surface area (Å²) in [5, 5.41) is 6.92. The number of alkyl halides is 3. The van der Waals surface area contributed by atoms with Gasteiger partial charge in [0, 0.05) is 38.5 Å². The number of pyridine rings is 1. The van der Waals surface area contributed by atoms with Gasteiger partial charge in [-0.15, -0.1) is 10.2 Å². The van der Waals surface area contributed by atoms with Crippen molar-refractivity contribution < 1.29 is 17.9 Å². The van der Waals surface area contributed by atoms with Gasteiger partial charge in [-0.2, -0.15) is 13.2 Å². The minimum absolute atomic E-state index is 0.183. The van der Waals surface area contributed by atoms with Crippen LogP contribution in [-0.2, 0) is 6.18 Å². The van der Waals surface area contributed by atoms with Crippen molar-refractivity contribution in [1.29, 1.82) is 0 Å². The van der Waals surface area contributed by atoms with Gasteiger partial charge in [0.25, 0.3) is 0 Å². The van der Waals surface area contributed by atoms with E-state index in [9.17, 15) is 13.2 Å². The summed E-state index contributed by atoms with van der Waals surface area (Å²) >= 11 is 0. The Hall–Kier alpha value is -3.56. The molecule has 34 heavy (non-hydrogen) atoms. The minimum Gasteiger partial charge on any atom is -0.493 e. The van der Waals surface area contributed by atoms with Crippen LogP contribution in [0.1, 0.15) is 36.6 Å². The van der Waals surface area contributed by atoms with Crippen LogP contribution in [0.4, 0.5) is 18.9 Å². The van der Waals surface area contributed by atoms with Crippen LogP contribution < -0.4 is 15.4 Å². The first kappa shape index (κ1) is 23.6. The first-order chi connectivity index (χ1) is 16.4. The summed E-state index contributed by atoms with van der Waals surface area (Å²) in [6, 6.07) is 11.5. The summed E-state index contributed by atoms with van der Waals surface area (Å²) in [5.41, 5.74) is 8.44. The number of ether oxygens (including phenoxy) is 1. The third-order valence-corrected chi connectivity index (χ3v) is 6.05. The third-order valence-electron chi connectivity index (χ3n) is 6.05. The lowest BCUT2D eigenvalue weighted by molar-refractivity contribution is -0.145. The molecular weight excluding hydrogens is 445 g/mol. The van der Waals surface area contributed by atoms with Crippen LogP contribution in [0.15, 0.2) is 59.9 Å². The molecule has 1 saturated heterocycles. The molecular formula is C24H27F3N6O. The molecule has 0 aliphatic carbocycles. The van der Waals surface area contributed by atoms with Crippen LogP contribution in [0, 0.1) is 0 Å². The molecule has 2 N–H and O–H groups in total. The molecule has 180 valence electrons. The maximum Gasteiger partial charge on any atom is 0.452 e. The summed E-state index contributed by atoms with van der Waals surface area (Å²) < 4.78 is 46.4. The number of halogens is 3. The highest BCUT2D eigenvalue weighted by Crippen LogP contribution is 2.33. The minimum atomic E-state index is -4.55. The summed E-state index contributed by atoms with van der Waals surface area (Å²) in [6.45, 7) is 2.03. The quantitative estimate of drug-likeness (QED) is 0.514. The van der Waals surface area contributed by atoms with Gasteiger partial charge in [-0.3, -0.25) is 9.39 Å². The molecule has 0 amide bonds. The van der Waals surface area contributed by atoms with Gasteiger partial charge in [0.15, 0.2) is 5.65 Å². The molecule has 1 aliphatic rings. The first-order valence-electron chi connectivity index (χ1n) is 11.1. The first-order valence-corrected chi connectivity index (χ1v) is 11.1. The van der Waals surface area contributed by atoms with Crippen molar-refractivity contribution in [2.24, 2.45) is 10.7 Å². The van der Waals surface area contributed by atoms with Crippen LogP contribution in [0.3, 0.4) is 0 Å². The van der Waals surface area contributed by atoms with E-state index in [1.165, 1.54) is 18.0 Å². The van der Waals surface area contributed by atoms with E-state index < -0.39 is 12.0 Å². The number of nitrogens with two attached hydrogens (primary N) is 1. The van der Waals surface area contributed by atoms with E-state index in [1.54, 1.807) is 25.3 Å². The highest BCUT2D eigenvalue weighted by atomic mass is 19.4. The molecule has 1 aliphatic heterocycles. The van der Waals surface area contributed by atoms with E-state index in [0.717, 1.165) is 47.5 Å². The molecule has 3 aromatic rings. The lowest BCUT2D eigenvalue weighted by Gasteiger charge is -2.34. The lowest BCUT2D eigenvalue weighted by Crippen LogP contribution is -2.33. The molecule has 4 rings (SSSR count). The van der Waals surface area contributed by atoms with Crippen LogP contribution >= 0.6 is 0 Å². The van der Waals surface area contributed by atoms with Gasteiger partial charge in [0.2, 0.25) is 5.82 Å². The average Bonchev–Trinajstić information content (AvgIpc) is 3.28. The normalized spacial score (nSPS) is 16.0. The molecule has 10 heteroatoms. The van der Waals surface area contributed by atoms with Crippen LogP contribution in [0.2, 0.25) is 0 Å². The van der Waals surface area contributed by atoms with Crippen LogP contribution in [0.25, 0.3) is 5.65 Å². The fourth-order valence-corrected chi connectivity index (χ4v) is 4.22. The fourth-order valence-electron chi connectivity index (χ4n) is 4.22. The van der Waals surface area contributed by atoms with Crippen LogP contribution in [-0.4, -0.2) is 47.1 Å². The lowest BCUT2D eigenvalue weighted by atomic mass is 9.89. The van der Waals surface area contributed by atoms with E-state index >= 15 is 0 Å². The highest BCUT2D eigenvalue weighted by Gasteiger charge is 2.37. The Morgan fingerprint density at radius 3 is 2.53 bits per heavy atom. The standard InChI is InChI=1S/C24H27F3N6O/c1-29-19(8-12-28)11-15-34-21-5-2-17(3-6-21)18-9-13-32(14-10-18)20-4-7-22-30-31-23(24(25,26)27)33(22)16-20/h2-8,12,16,18H,9-11,13-15,28H2,1H3. The second kappa shape index (κ2) is 10.1. The molecule has 2 aromatic heterocycles. The molecule has 7 nitrogen and oxygen atoms in total. The number of hydrogen-bond acceptors (Lipinski definition) is 6. The number of fused-ring (bicyclic) bond motifs is 1. The predicted molar refractivity (Wildman–Crippen MR) is 125 cm³/mol. The number of nitrogens with zero attached hydrogens (tertiary/aromatic N) is 5. The van der Waals surface area contributed by atoms with Crippen molar-refractivity contribution in [3.63, 3.8) is 0 Å². The number of rotatable bonds is 7. The van der Waals surface area contributed by atoms with E-state index in [4.69, 9.17) is 10.5 Å². The van der Waals surface area contributed by atoms with Crippen molar-refractivity contribution in [3.05, 3.63) is 66.3 Å². The van der Waals surface area contributed by atoms with Gasteiger partial charge in [0.05, 0.1) is 12.3 Å². The second-order valence-corrected chi connectivity index (χ2v) is 8.14. The summed E-state index contributed by atoms with van der Waals surface area (Å²) in [7, 11) is 1.72. The number of aliphatic imine (C=N–C) groups is 1. The fraction of sp³-hybridized carbons (Fsp3) is 0.375. The number of piperidine rings is 1. The Kier molecular flexibility index (Phi) is 7.04. The van der Waals surface area contributed by atoms with Gasteiger partial charge < -0.3 is 15.4 Å². The highest BCUT2D eigenvalue weighted by molar-refractivity contribution is 5.94. The van der Waals surface area contributed by atoms with E-state index in [1.807, 2.05) is 12.1 Å². The number of aromatic nitrogens is 3. The Labute approximate surface area is 195 Å². The molecule has 0 bridgehead atoms. The Morgan fingerprint density at radius 1 is 1.15 bits per heavy atom. The molecule has 3 heterocycles. The van der Waals surface area contributed by atoms with Crippen molar-refractivity contribution in [2.45, 2.75) is 31.4 Å². The monoisotopic (exact) mass is 472 g/mol. The predicted octanol–water partition coefficient (Wildman–Crippen LogP) is 4.44. The topological polar surface area (TPSA) is 81.0 Å². The number of allylic oxidation sites excluding steroid dienone is 1. The SMILES string of the molecule is CN=C(C=CN)CCOc1ccc(C2CCN(c3ccc4nnc(C(F)(F)F)n4c3)CC2)cc1. The number of hydrogen-bond donors (Lipinski definition) is 1. The number of anilines is 1. The molecule has 1 aromatic carbocycles. The van der Waals surface area contributed by atoms with Crippen molar-refractivity contribution in [2.75, 3.05) is 31.6 Å². The summed E-state index contributed by atoms with van der Waals surface area (Å²) in [4.78, 5) is 6.26. The zero-order valence-electron chi connectivity index (χ0n) is 18.9. The van der Waals surface area contributed by atoms with Crippen molar-refractivity contribution >= 4 is 17.0 Å². The van der Waals surface area contributed by atoms with Crippen molar-refractivity contribution in [3.8, 4) is 5.75 Å². The molecule has 0 unspecified atom stereocenters. The molecule has 0 saturated carbocycles. The maximum absolute atomic E-state index is 13.2. The van der Waals surface area contributed by atoms with Gasteiger partial charge in [-0.05, 0) is 60.9 Å². The molecule has 0 spiro atoms. The summed E-state index contributed by atoms with van der Waals surface area (Å²) in [5.74, 6) is 0.190. The number of benzene rings is 1. The maximum atomic E-state index is 13.2. The Morgan fingerprint density at radius 2 is 1.88 bits per heavy atom. The second-order valence-electron chi connectivity index (χ2n) is 8.14. The Balaban J connectivity index is 1.34. The van der Waals surface area contributed by atoms with Gasteiger partial charge in [-0.1, -0.05) is 12.1 Å². The van der Waals surface area contributed by atoms with Crippen molar-refractivity contribution in [1.82, 2.24) is 14.6 Å². The average molecular weight is 473 g/mol.